The smallest absolute Gasteiger partial charge is 0.150 e. The van der Waals surface area contributed by atoms with E-state index in [-0.39, 0.29) is 34.2 Å². The molecule has 1 heterocycles. The largest absolute Gasteiger partial charge is 0.229 e. The molecule has 21 heavy (non-hydrogen) atoms. The van der Waals surface area contributed by atoms with E-state index in [0.29, 0.717) is 18.4 Å². The summed E-state index contributed by atoms with van der Waals surface area (Å²) < 4.78 is 37.0. The molecule has 1 aliphatic heterocycles. The molecule has 2 rings (SSSR count). The lowest BCUT2D eigenvalue weighted by Gasteiger charge is -2.35. The normalized spacial score (nSPS) is 21.6. The minimum atomic E-state index is -3.03. The molecule has 0 saturated carbocycles. The molecule has 1 fully saturated rings. The molecular weight excluding hydrogens is 358 g/mol. The van der Waals surface area contributed by atoms with Crippen LogP contribution in [0.4, 0.5) is 4.39 Å². The van der Waals surface area contributed by atoms with Crippen LogP contribution in [-0.4, -0.2) is 31.7 Å². The van der Waals surface area contributed by atoms with E-state index in [9.17, 15) is 12.8 Å². The number of benzene rings is 1. The molecular formula is C14H16Cl3FO2S. The fraction of sp³-hybridized carbons (Fsp3) is 0.571. The van der Waals surface area contributed by atoms with Gasteiger partial charge in [0.05, 0.1) is 16.5 Å². The fourth-order valence-electron chi connectivity index (χ4n) is 2.84. The van der Waals surface area contributed by atoms with E-state index in [2.05, 4.69) is 0 Å². The van der Waals surface area contributed by atoms with Crippen LogP contribution in [0.3, 0.4) is 0 Å². The molecule has 0 spiro atoms. The summed E-state index contributed by atoms with van der Waals surface area (Å²) in [5, 5.41) is 0.0537. The minimum Gasteiger partial charge on any atom is -0.229 e. The van der Waals surface area contributed by atoms with Crippen LogP contribution in [0.5, 0.6) is 0 Å². The molecule has 0 radical (unpaired) electrons. The molecule has 1 aromatic rings. The van der Waals surface area contributed by atoms with Crippen LogP contribution in [0.15, 0.2) is 18.2 Å². The van der Waals surface area contributed by atoms with Gasteiger partial charge in [0.2, 0.25) is 0 Å². The van der Waals surface area contributed by atoms with Crippen LogP contribution in [-0.2, 0) is 16.3 Å². The maximum atomic E-state index is 13.6. The lowest BCUT2D eigenvalue weighted by Crippen LogP contribution is -2.37. The average Bonchev–Trinajstić information content (AvgIpc) is 2.81. The van der Waals surface area contributed by atoms with Crippen LogP contribution in [0.25, 0.3) is 0 Å². The summed E-state index contributed by atoms with van der Waals surface area (Å²) in [6, 6.07) is 4.59. The molecule has 1 unspecified atom stereocenters. The monoisotopic (exact) mass is 372 g/mol. The first-order chi connectivity index (χ1) is 9.83. The highest BCUT2D eigenvalue weighted by Crippen LogP contribution is 2.42. The van der Waals surface area contributed by atoms with Crippen molar-refractivity contribution in [2.24, 2.45) is 11.3 Å². The lowest BCUT2D eigenvalue weighted by molar-refractivity contribution is 0.244. The maximum absolute atomic E-state index is 13.6. The standard InChI is InChI=1S/C14H16Cl3FO2S/c15-8-14(9-16,11-4-5-21(19,20)7-11)6-10-2-1-3-12(18)13(10)17/h1-3,11H,4-9H2. The Hall–Kier alpha value is -0.0300. The number of hydrogen-bond acceptors (Lipinski definition) is 2. The van der Waals surface area contributed by atoms with Crippen LogP contribution in [0.1, 0.15) is 12.0 Å². The van der Waals surface area contributed by atoms with Crippen molar-refractivity contribution < 1.29 is 12.8 Å². The van der Waals surface area contributed by atoms with Crippen molar-refractivity contribution >= 4 is 44.6 Å². The summed E-state index contributed by atoms with van der Waals surface area (Å²) in [4.78, 5) is 0. The van der Waals surface area contributed by atoms with E-state index >= 15 is 0 Å². The third kappa shape index (κ3) is 3.66. The third-order valence-corrected chi connectivity index (χ3v) is 7.46. The average molecular weight is 374 g/mol. The van der Waals surface area contributed by atoms with Gasteiger partial charge in [0.25, 0.3) is 0 Å². The molecule has 1 aromatic carbocycles. The predicted molar refractivity (Wildman–Crippen MR) is 85.7 cm³/mol. The Kier molecular flexibility index (Phi) is 5.45. The van der Waals surface area contributed by atoms with Gasteiger partial charge in [-0.2, -0.15) is 0 Å². The van der Waals surface area contributed by atoms with E-state index in [1.807, 2.05) is 0 Å². The van der Waals surface area contributed by atoms with Crippen molar-refractivity contribution in [2.45, 2.75) is 12.8 Å². The summed E-state index contributed by atoms with van der Waals surface area (Å²) in [7, 11) is -3.03. The molecule has 0 aromatic heterocycles. The van der Waals surface area contributed by atoms with Gasteiger partial charge >= 0.3 is 0 Å². The van der Waals surface area contributed by atoms with Gasteiger partial charge in [-0.15, -0.1) is 23.2 Å². The van der Waals surface area contributed by atoms with Crippen LogP contribution < -0.4 is 0 Å². The molecule has 0 aliphatic carbocycles. The van der Waals surface area contributed by atoms with Gasteiger partial charge in [0.15, 0.2) is 9.84 Å². The molecule has 1 saturated heterocycles. The van der Waals surface area contributed by atoms with E-state index in [1.54, 1.807) is 12.1 Å². The first-order valence-electron chi connectivity index (χ1n) is 6.59. The minimum absolute atomic E-state index is 0.0537. The van der Waals surface area contributed by atoms with Crippen molar-refractivity contribution in [1.82, 2.24) is 0 Å². The summed E-state index contributed by atoms with van der Waals surface area (Å²) in [6.45, 7) is 0. The highest BCUT2D eigenvalue weighted by molar-refractivity contribution is 7.91. The number of hydrogen-bond donors (Lipinski definition) is 0. The Morgan fingerprint density at radius 3 is 2.48 bits per heavy atom. The number of sulfone groups is 1. The molecule has 1 atom stereocenters. The quantitative estimate of drug-likeness (QED) is 0.733. The number of rotatable bonds is 5. The lowest BCUT2D eigenvalue weighted by atomic mass is 9.73. The topological polar surface area (TPSA) is 34.1 Å². The highest BCUT2D eigenvalue weighted by atomic mass is 35.5. The third-order valence-electron chi connectivity index (χ3n) is 4.20. The Labute approximate surface area is 139 Å². The summed E-state index contributed by atoms with van der Waals surface area (Å²) in [6.07, 6.45) is 0.908. The summed E-state index contributed by atoms with van der Waals surface area (Å²) in [5.41, 5.74) is 0.0201. The van der Waals surface area contributed by atoms with Gasteiger partial charge in [-0.1, -0.05) is 23.7 Å². The number of alkyl halides is 2. The molecule has 1 aliphatic rings. The Balaban J connectivity index is 2.32. The first kappa shape index (κ1) is 17.3. The van der Waals surface area contributed by atoms with Crippen molar-refractivity contribution in [3.8, 4) is 0 Å². The molecule has 7 heteroatoms. The van der Waals surface area contributed by atoms with Gasteiger partial charge in [-0.05, 0) is 30.4 Å². The maximum Gasteiger partial charge on any atom is 0.150 e. The van der Waals surface area contributed by atoms with Crippen molar-refractivity contribution in [1.29, 1.82) is 0 Å². The molecule has 0 N–H and O–H groups in total. The summed E-state index contributed by atoms with van der Waals surface area (Å²) in [5.74, 6) is 0.0411. The van der Waals surface area contributed by atoms with Gasteiger partial charge in [0, 0.05) is 17.2 Å². The van der Waals surface area contributed by atoms with E-state index in [4.69, 9.17) is 34.8 Å². The van der Waals surface area contributed by atoms with Crippen molar-refractivity contribution in [3.63, 3.8) is 0 Å². The second-order valence-electron chi connectivity index (χ2n) is 5.62. The van der Waals surface area contributed by atoms with Gasteiger partial charge in [-0.3, -0.25) is 0 Å². The second-order valence-corrected chi connectivity index (χ2v) is 8.76. The van der Waals surface area contributed by atoms with Gasteiger partial charge in [-0.25, -0.2) is 12.8 Å². The summed E-state index contributed by atoms with van der Waals surface area (Å²) >= 11 is 18.2. The molecule has 118 valence electrons. The van der Waals surface area contributed by atoms with Crippen LogP contribution in [0, 0.1) is 17.2 Å². The molecule has 2 nitrogen and oxygen atoms in total. The zero-order chi connectivity index (χ0) is 15.7. The van der Waals surface area contributed by atoms with E-state index < -0.39 is 21.1 Å². The second kappa shape index (κ2) is 6.61. The van der Waals surface area contributed by atoms with Crippen LogP contribution >= 0.6 is 34.8 Å². The fourth-order valence-corrected chi connectivity index (χ4v) is 5.88. The van der Waals surface area contributed by atoms with Crippen LogP contribution in [0.2, 0.25) is 5.02 Å². The van der Waals surface area contributed by atoms with Gasteiger partial charge < -0.3 is 0 Å². The van der Waals surface area contributed by atoms with Crippen molar-refractivity contribution in [3.05, 3.63) is 34.6 Å². The molecule has 0 bridgehead atoms. The van der Waals surface area contributed by atoms with E-state index in [0.717, 1.165) is 0 Å². The predicted octanol–water partition coefficient (Wildman–Crippen LogP) is 3.92. The van der Waals surface area contributed by atoms with E-state index in [1.165, 1.54) is 6.07 Å². The zero-order valence-electron chi connectivity index (χ0n) is 11.3. The van der Waals surface area contributed by atoms with Gasteiger partial charge in [0.1, 0.15) is 5.82 Å². The zero-order valence-corrected chi connectivity index (χ0v) is 14.4. The Morgan fingerprint density at radius 2 is 1.95 bits per heavy atom. The number of halogens is 4. The van der Waals surface area contributed by atoms with Crippen molar-refractivity contribution in [2.75, 3.05) is 23.3 Å². The Bertz CT molecular complexity index is 615. The molecule has 0 amide bonds. The Morgan fingerprint density at radius 1 is 1.29 bits per heavy atom. The first-order valence-corrected chi connectivity index (χ1v) is 9.85. The SMILES string of the molecule is O=S1(=O)CCC(C(CCl)(CCl)Cc2cccc(F)c2Cl)C1. The highest BCUT2D eigenvalue weighted by Gasteiger charge is 2.44.